The maximum absolute atomic E-state index is 14.5. The summed E-state index contributed by atoms with van der Waals surface area (Å²) >= 11 is 7.63. The number of rotatable bonds is 5. The topological polar surface area (TPSA) is 91.6 Å². The van der Waals surface area contributed by atoms with Crippen molar-refractivity contribution in [1.29, 1.82) is 0 Å². The first-order chi connectivity index (χ1) is 24.4. The maximum atomic E-state index is 14.5. The van der Waals surface area contributed by atoms with E-state index in [0.29, 0.717) is 36.8 Å². The van der Waals surface area contributed by atoms with Gasteiger partial charge < -0.3 is 9.15 Å². The van der Waals surface area contributed by atoms with Crippen LogP contribution in [-0.2, 0) is 6.42 Å². The Morgan fingerprint density at radius 2 is 1.72 bits per heavy atom. The molecule has 0 saturated carbocycles. The van der Waals surface area contributed by atoms with Gasteiger partial charge in [0.1, 0.15) is 17.0 Å². The number of aromatic nitrogens is 3. The molecule has 1 aliphatic carbocycles. The number of fused-ring (bicyclic) bond motifs is 4. The fourth-order valence-corrected chi connectivity index (χ4v) is 8.03. The number of ether oxygens (including phenoxy) is 1. The van der Waals surface area contributed by atoms with Crippen LogP contribution in [0, 0.1) is 0 Å². The van der Waals surface area contributed by atoms with Crippen molar-refractivity contribution in [1.82, 2.24) is 14.3 Å². The Kier molecular flexibility index (Phi) is 7.26. The van der Waals surface area contributed by atoms with Crippen molar-refractivity contribution >= 4 is 45.7 Å². The first kappa shape index (κ1) is 30.3. The second-order valence-corrected chi connectivity index (χ2v) is 13.7. The van der Waals surface area contributed by atoms with Crippen LogP contribution in [0.1, 0.15) is 34.7 Å². The molecular weight excluding hydrogens is 668 g/mol. The van der Waals surface area contributed by atoms with Gasteiger partial charge in [-0.3, -0.25) is 9.36 Å². The minimum absolute atomic E-state index is 0.176. The fraction of sp³-hybridized carbons (Fsp3) is 0.100. The molecule has 0 amide bonds. The molecule has 9 rings (SSSR count). The Morgan fingerprint density at radius 3 is 2.54 bits per heavy atom. The standard InChI is InChI=1S/C40H27ClN4O4S/c1-48-29-16-18-30-24(19-29)13-17-31-36(30)42-40-45(37(31)23-11-14-27(41)15-12-23)38(46)34(50-40)21-26-22-44(28-8-3-2-4-9-28)43-35(26)32-20-25-7-5-6-10-33(25)49-39(32)47/h2-12,14-16,18-22,37H,13,17H2,1H3. The highest BCUT2D eigenvalue weighted by Gasteiger charge is 2.33. The lowest BCUT2D eigenvalue weighted by Gasteiger charge is -2.31. The molecule has 1 atom stereocenters. The summed E-state index contributed by atoms with van der Waals surface area (Å²) in [5, 5.41) is 6.26. The second-order valence-electron chi connectivity index (χ2n) is 12.2. The van der Waals surface area contributed by atoms with E-state index < -0.39 is 5.63 Å². The number of hydrogen-bond donors (Lipinski definition) is 0. The quantitative estimate of drug-likeness (QED) is 0.182. The molecule has 8 nitrogen and oxygen atoms in total. The van der Waals surface area contributed by atoms with Gasteiger partial charge in [-0.1, -0.05) is 71.5 Å². The summed E-state index contributed by atoms with van der Waals surface area (Å²) in [4.78, 5) is 33.7. The van der Waals surface area contributed by atoms with Crippen LogP contribution in [0.5, 0.6) is 5.75 Å². The van der Waals surface area contributed by atoms with Gasteiger partial charge in [-0.05, 0) is 90.2 Å². The zero-order valence-corrected chi connectivity index (χ0v) is 28.2. The van der Waals surface area contributed by atoms with Gasteiger partial charge in [0.05, 0.1) is 34.6 Å². The average molecular weight is 695 g/mol. The van der Waals surface area contributed by atoms with Crippen molar-refractivity contribution in [2.45, 2.75) is 18.9 Å². The third-order valence-electron chi connectivity index (χ3n) is 9.30. The molecule has 50 heavy (non-hydrogen) atoms. The molecule has 10 heteroatoms. The molecule has 0 bridgehead atoms. The predicted octanol–water partition coefficient (Wildman–Crippen LogP) is 6.94. The summed E-state index contributed by atoms with van der Waals surface area (Å²) in [6, 6.07) is 32.2. The van der Waals surface area contributed by atoms with E-state index in [0.717, 1.165) is 57.6 Å². The summed E-state index contributed by atoms with van der Waals surface area (Å²) in [7, 11) is 1.67. The van der Waals surface area contributed by atoms with Crippen LogP contribution in [-0.4, -0.2) is 21.5 Å². The second kappa shape index (κ2) is 12.0. The SMILES string of the molecule is COc1ccc2c(c1)CCC1=C2N=c2sc(=Cc3cn(-c4ccccc4)nc3-c3cc4ccccc4oc3=O)c(=O)n2C1c1ccc(Cl)cc1. The average Bonchev–Trinajstić information content (AvgIpc) is 3.71. The van der Waals surface area contributed by atoms with E-state index in [-0.39, 0.29) is 11.6 Å². The van der Waals surface area contributed by atoms with Crippen molar-refractivity contribution in [3.8, 4) is 22.7 Å². The molecule has 1 unspecified atom stereocenters. The normalized spacial score (nSPS) is 15.4. The Hall–Kier alpha value is -5.77. The molecule has 0 spiro atoms. The summed E-state index contributed by atoms with van der Waals surface area (Å²) in [6.45, 7) is 0. The van der Waals surface area contributed by atoms with Crippen molar-refractivity contribution in [3.63, 3.8) is 0 Å². The van der Waals surface area contributed by atoms with E-state index in [9.17, 15) is 9.59 Å². The third kappa shape index (κ3) is 5.05. The van der Waals surface area contributed by atoms with Gasteiger partial charge in [0.25, 0.3) is 5.56 Å². The summed E-state index contributed by atoms with van der Waals surface area (Å²) < 4.78 is 15.2. The fourth-order valence-electron chi connectivity index (χ4n) is 6.92. The zero-order chi connectivity index (χ0) is 33.9. The minimum Gasteiger partial charge on any atom is -0.497 e. The molecule has 4 heterocycles. The molecule has 4 aromatic carbocycles. The Balaban J connectivity index is 1.27. The van der Waals surface area contributed by atoms with E-state index in [1.807, 2.05) is 85.1 Å². The molecule has 2 aliphatic rings. The summed E-state index contributed by atoms with van der Waals surface area (Å²) in [5.74, 6) is 0.801. The number of hydrogen-bond acceptors (Lipinski definition) is 7. The summed E-state index contributed by atoms with van der Waals surface area (Å²) in [6.07, 6.45) is 5.18. The van der Waals surface area contributed by atoms with E-state index in [4.69, 9.17) is 30.8 Å². The number of methoxy groups -OCH3 is 1. The largest absolute Gasteiger partial charge is 0.497 e. The van der Waals surface area contributed by atoms with E-state index in [1.54, 1.807) is 34.6 Å². The highest BCUT2D eigenvalue weighted by Crippen LogP contribution is 2.42. The number of nitrogens with zero attached hydrogens (tertiary/aromatic N) is 4. The molecule has 3 aromatic heterocycles. The van der Waals surface area contributed by atoms with Crippen LogP contribution in [0.3, 0.4) is 0 Å². The Labute approximate surface area is 294 Å². The number of allylic oxidation sites excluding steroid dienone is 1. The van der Waals surface area contributed by atoms with Crippen molar-refractivity contribution in [2.75, 3.05) is 7.11 Å². The molecule has 7 aromatic rings. The van der Waals surface area contributed by atoms with Gasteiger partial charge >= 0.3 is 5.63 Å². The highest BCUT2D eigenvalue weighted by atomic mass is 35.5. The lowest BCUT2D eigenvalue weighted by Crippen LogP contribution is -2.38. The smallest absolute Gasteiger partial charge is 0.345 e. The molecule has 1 aliphatic heterocycles. The van der Waals surface area contributed by atoms with Gasteiger partial charge in [-0.2, -0.15) is 5.10 Å². The number of benzene rings is 4. The van der Waals surface area contributed by atoms with E-state index in [1.165, 1.54) is 11.3 Å². The van der Waals surface area contributed by atoms with Crippen LogP contribution in [0.2, 0.25) is 5.02 Å². The molecular formula is C40H27ClN4O4S. The van der Waals surface area contributed by atoms with Crippen molar-refractivity contribution < 1.29 is 9.15 Å². The van der Waals surface area contributed by atoms with Gasteiger partial charge in [0.15, 0.2) is 4.80 Å². The predicted molar refractivity (Wildman–Crippen MR) is 196 cm³/mol. The van der Waals surface area contributed by atoms with Crippen LogP contribution in [0.15, 0.2) is 134 Å². The van der Waals surface area contributed by atoms with E-state index >= 15 is 0 Å². The summed E-state index contributed by atoms with van der Waals surface area (Å²) in [5.41, 5.74) is 7.05. The monoisotopic (exact) mass is 694 g/mol. The first-order valence-electron chi connectivity index (χ1n) is 16.1. The minimum atomic E-state index is -0.510. The first-order valence-corrected chi connectivity index (χ1v) is 17.3. The molecule has 0 saturated heterocycles. The van der Waals surface area contributed by atoms with Gasteiger partial charge in [-0.15, -0.1) is 0 Å². The van der Waals surface area contributed by atoms with Crippen LogP contribution >= 0.6 is 22.9 Å². The molecule has 0 radical (unpaired) electrons. The molecule has 0 fully saturated rings. The lowest BCUT2D eigenvalue weighted by molar-refractivity contribution is 0.414. The van der Waals surface area contributed by atoms with E-state index in [2.05, 4.69) is 12.1 Å². The zero-order valence-electron chi connectivity index (χ0n) is 26.7. The maximum Gasteiger partial charge on any atom is 0.345 e. The highest BCUT2D eigenvalue weighted by molar-refractivity contribution is 7.07. The van der Waals surface area contributed by atoms with Crippen LogP contribution in [0.4, 0.5) is 0 Å². The number of thiazole rings is 1. The lowest BCUT2D eigenvalue weighted by atomic mass is 9.83. The Bertz CT molecular complexity index is 2760. The van der Waals surface area contributed by atoms with Crippen LogP contribution < -0.4 is 25.3 Å². The van der Waals surface area contributed by atoms with Crippen molar-refractivity contribution in [2.24, 2.45) is 4.99 Å². The number of halogens is 1. The van der Waals surface area contributed by atoms with Gasteiger partial charge in [0, 0.05) is 27.7 Å². The van der Waals surface area contributed by atoms with Crippen LogP contribution in [0.25, 0.3) is 39.7 Å². The van der Waals surface area contributed by atoms with Gasteiger partial charge in [-0.25, -0.2) is 14.5 Å². The van der Waals surface area contributed by atoms with Crippen molar-refractivity contribution in [3.05, 3.63) is 172 Å². The third-order valence-corrected chi connectivity index (χ3v) is 10.5. The molecule has 244 valence electrons. The number of aryl methyl sites for hydroxylation is 1. The molecule has 0 N–H and O–H groups in total. The Morgan fingerprint density at radius 1 is 0.920 bits per heavy atom. The number of para-hydroxylation sites is 2. The van der Waals surface area contributed by atoms with Gasteiger partial charge in [0.2, 0.25) is 0 Å².